The van der Waals surface area contributed by atoms with Crippen molar-refractivity contribution in [1.82, 2.24) is 0 Å². The van der Waals surface area contributed by atoms with Crippen molar-refractivity contribution in [3.05, 3.63) is 45.8 Å². The van der Waals surface area contributed by atoms with Crippen LogP contribution in [0.1, 0.15) is 53.6 Å². The van der Waals surface area contributed by atoms with Gasteiger partial charge in [-0.3, -0.25) is 9.59 Å². The second kappa shape index (κ2) is 7.80. The Labute approximate surface area is 180 Å². The van der Waals surface area contributed by atoms with Crippen LogP contribution in [0.2, 0.25) is 0 Å². The Kier molecular flexibility index (Phi) is 5.32. The molecule has 158 valence electrons. The van der Waals surface area contributed by atoms with Gasteiger partial charge < -0.3 is 20.5 Å². The predicted octanol–water partition coefficient (Wildman–Crippen LogP) is 4.38. The standard InChI is InChI=1S/C23H26N2O4S/c1-23(2,3)14-6-7-15-18(11-14)30-22(20(15)21(24)27)25-19(26)9-5-13-4-8-16-17(10-13)29-12-28-16/h4-5,8-10,14H,6-7,11-12H2,1-3H3,(H2,24,27)(H,25,26)/b9-5+. The number of hydrogen-bond acceptors (Lipinski definition) is 5. The van der Waals surface area contributed by atoms with Gasteiger partial charge in [0.05, 0.1) is 5.56 Å². The molecule has 0 saturated heterocycles. The summed E-state index contributed by atoms with van der Waals surface area (Å²) in [6.45, 7) is 6.94. The maximum Gasteiger partial charge on any atom is 0.251 e. The van der Waals surface area contributed by atoms with E-state index in [2.05, 4.69) is 26.1 Å². The number of benzene rings is 1. The monoisotopic (exact) mass is 426 g/mol. The second-order valence-corrected chi connectivity index (χ2v) is 9.92. The fourth-order valence-corrected chi connectivity index (χ4v) is 5.35. The Morgan fingerprint density at radius 3 is 2.73 bits per heavy atom. The molecule has 1 aliphatic heterocycles. The number of rotatable bonds is 4. The number of primary amides is 1. The van der Waals surface area contributed by atoms with E-state index in [0.717, 1.165) is 35.3 Å². The first-order valence-corrected chi connectivity index (χ1v) is 10.9. The van der Waals surface area contributed by atoms with Crippen molar-refractivity contribution in [3.8, 4) is 11.5 Å². The molecule has 3 N–H and O–H groups in total. The summed E-state index contributed by atoms with van der Waals surface area (Å²) in [5.41, 5.74) is 8.16. The molecule has 0 fully saturated rings. The molecule has 4 rings (SSSR count). The minimum absolute atomic E-state index is 0.200. The minimum Gasteiger partial charge on any atom is -0.454 e. The molecular weight excluding hydrogens is 400 g/mol. The molecule has 6 nitrogen and oxygen atoms in total. The summed E-state index contributed by atoms with van der Waals surface area (Å²) in [5, 5.41) is 3.41. The summed E-state index contributed by atoms with van der Waals surface area (Å²) in [6, 6.07) is 5.48. The molecule has 1 atom stereocenters. The molecule has 1 aliphatic carbocycles. The summed E-state index contributed by atoms with van der Waals surface area (Å²) in [6.07, 6.45) is 5.88. The van der Waals surface area contributed by atoms with E-state index in [4.69, 9.17) is 15.2 Å². The molecule has 0 saturated carbocycles. The lowest BCUT2D eigenvalue weighted by molar-refractivity contribution is -0.111. The third-order valence-corrected chi connectivity index (χ3v) is 6.97. The van der Waals surface area contributed by atoms with Crippen molar-refractivity contribution < 1.29 is 19.1 Å². The first-order valence-electron chi connectivity index (χ1n) is 10.1. The Hall–Kier alpha value is -2.80. The molecule has 7 heteroatoms. The van der Waals surface area contributed by atoms with Crippen LogP contribution >= 0.6 is 11.3 Å². The van der Waals surface area contributed by atoms with E-state index in [1.807, 2.05) is 18.2 Å². The fraction of sp³-hybridized carbons (Fsp3) is 0.391. The molecule has 2 aliphatic rings. The molecule has 2 amide bonds. The first-order chi connectivity index (χ1) is 14.2. The van der Waals surface area contributed by atoms with Gasteiger partial charge >= 0.3 is 0 Å². The van der Waals surface area contributed by atoms with Crippen LogP contribution < -0.4 is 20.5 Å². The Morgan fingerprint density at radius 2 is 2.00 bits per heavy atom. The van der Waals surface area contributed by atoms with Gasteiger partial charge in [-0.15, -0.1) is 11.3 Å². The summed E-state index contributed by atoms with van der Waals surface area (Å²) < 4.78 is 10.7. The average molecular weight is 427 g/mol. The number of carbonyl (C=O) groups is 2. The number of thiophene rings is 1. The zero-order valence-corrected chi connectivity index (χ0v) is 18.2. The van der Waals surface area contributed by atoms with Crippen LogP contribution in [0.5, 0.6) is 11.5 Å². The lowest BCUT2D eigenvalue weighted by atomic mass is 9.72. The van der Waals surface area contributed by atoms with Gasteiger partial charge in [0.1, 0.15) is 5.00 Å². The number of hydrogen-bond donors (Lipinski definition) is 2. The van der Waals surface area contributed by atoms with E-state index in [1.165, 1.54) is 17.4 Å². The van der Waals surface area contributed by atoms with Crippen molar-refractivity contribution >= 4 is 34.2 Å². The van der Waals surface area contributed by atoms with Gasteiger partial charge in [-0.05, 0) is 59.9 Å². The largest absolute Gasteiger partial charge is 0.454 e. The Bertz CT molecular complexity index is 1030. The van der Waals surface area contributed by atoms with E-state index in [9.17, 15) is 9.59 Å². The molecule has 1 unspecified atom stereocenters. The van der Waals surface area contributed by atoms with Crippen LogP contribution in [0.4, 0.5) is 5.00 Å². The van der Waals surface area contributed by atoms with Gasteiger partial charge in [-0.1, -0.05) is 26.8 Å². The number of anilines is 1. The second-order valence-electron chi connectivity index (χ2n) is 8.81. The molecule has 2 heterocycles. The summed E-state index contributed by atoms with van der Waals surface area (Å²) in [4.78, 5) is 25.8. The summed E-state index contributed by atoms with van der Waals surface area (Å²) in [7, 11) is 0. The molecule has 0 spiro atoms. The van der Waals surface area contributed by atoms with E-state index in [0.29, 0.717) is 28.0 Å². The minimum atomic E-state index is -0.489. The first kappa shape index (κ1) is 20.5. The topological polar surface area (TPSA) is 90.7 Å². The van der Waals surface area contributed by atoms with Crippen LogP contribution in [0.3, 0.4) is 0 Å². The van der Waals surface area contributed by atoms with E-state index >= 15 is 0 Å². The van der Waals surface area contributed by atoms with E-state index in [1.54, 1.807) is 6.08 Å². The van der Waals surface area contributed by atoms with Crippen molar-refractivity contribution in [2.45, 2.75) is 40.0 Å². The highest BCUT2D eigenvalue weighted by Crippen LogP contribution is 2.44. The van der Waals surface area contributed by atoms with Crippen molar-refractivity contribution in [3.63, 3.8) is 0 Å². The molecule has 0 bridgehead atoms. The number of amides is 2. The highest BCUT2D eigenvalue weighted by Gasteiger charge is 2.33. The number of nitrogens with one attached hydrogen (secondary N) is 1. The fourth-order valence-electron chi connectivity index (χ4n) is 4.02. The van der Waals surface area contributed by atoms with Crippen molar-refractivity contribution in [2.24, 2.45) is 17.1 Å². The van der Waals surface area contributed by atoms with Gasteiger partial charge in [0.15, 0.2) is 11.5 Å². The highest BCUT2D eigenvalue weighted by molar-refractivity contribution is 7.17. The number of nitrogens with two attached hydrogens (primary N) is 1. The Balaban J connectivity index is 1.52. The third-order valence-electron chi connectivity index (χ3n) is 5.80. The molecule has 0 radical (unpaired) electrons. The lowest BCUT2D eigenvalue weighted by Crippen LogP contribution is -2.27. The van der Waals surface area contributed by atoms with Gasteiger partial charge in [-0.2, -0.15) is 0 Å². The van der Waals surface area contributed by atoms with E-state index < -0.39 is 5.91 Å². The van der Waals surface area contributed by atoms with Crippen LogP contribution in [0.15, 0.2) is 24.3 Å². The van der Waals surface area contributed by atoms with Crippen LogP contribution in [0.25, 0.3) is 6.08 Å². The predicted molar refractivity (Wildman–Crippen MR) is 118 cm³/mol. The maximum absolute atomic E-state index is 12.5. The van der Waals surface area contributed by atoms with Crippen LogP contribution in [-0.4, -0.2) is 18.6 Å². The summed E-state index contributed by atoms with van der Waals surface area (Å²) >= 11 is 1.47. The summed E-state index contributed by atoms with van der Waals surface area (Å²) in [5.74, 6) is 1.10. The molecule has 1 aromatic carbocycles. The van der Waals surface area contributed by atoms with Gasteiger partial charge in [0.2, 0.25) is 12.7 Å². The number of fused-ring (bicyclic) bond motifs is 2. The molecule has 30 heavy (non-hydrogen) atoms. The van der Waals surface area contributed by atoms with Gasteiger partial charge in [-0.25, -0.2) is 0 Å². The zero-order valence-electron chi connectivity index (χ0n) is 17.4. The van der Waals surface area contributed by atoms with E-state index in [-0.39, 0.29) is 18.1 Å². The maximum atomic E-state index is 12.5. The van der Waals surface area contributed by atoms with Crippen LogP contribution in [0, 0.1) is 11.3 Å². The van der Waals surface area contributed by atoms with Crippen molar-refractivity contribution in [2.75, 3.05) is 12.1 Å². The normalized spacial score (nSPS) is 17.8. The van der Waals surface area contributed by atoms with Crippen LogP contribution in [-0.2, 0) is 17.6 Å². The highest BCUT2D eigenvalue weighted by atomic mass is 32.1. The Morgan fingerprint density at radius 1 is 1.23 bits per heavy atom. The van der Waals surface area contributed by atoms with Gasteiger partial charge in [0, 0.05) is 11.0 Å². The molecular formula is C23H26N2O4S. The number of carbonyl (C=O) groups excluding carboxylic acids is 2. The zero-order chi connectivity index (χ0) is 21.5. The average Bonchev–Trinajstić information content (AvgIpc) is 3.28. The third kappa shape index (κ3) is 4.07. The molecule has 1 aromatic heterocycles. The SMILES string of the molecule is CC(C)(C)C1CCc2c(sc(NC(=O)/C=C/c3ccc4c(c3)OCO4)c2C(N)=O)C1. The smallest absolute Gasteiger partial charge is 0.251 e. The van der Waals surface area contributed by atoms with Gasteiger partial charge in [0.25, 0.3) is 5.91 Å². The lowest BCUT2D eigenvalue weighted by Gasteiger charge is -2.33. The number of ether oxygens (including phenoxy) is 2. The van der Waals surface area contributed by atoms with Crippen molar-refractivity contribution in [1.29, 1.82) is 0 Å². The quantitative estimate of drug-likeness (QED) is 0.710. The molecule has 2 aromatic rings.